The molecule has 1 heterocycles. The molecule has 0 spiro atoms. The van der Waals surface area contributed by atoms with Crippen LogP contribution in [0.5, 0.6) is 0 Å². The van der Waals surface area contributed by atoms with Crippen molar-refractivity contribution in [2.24, 2.45) is 0 Å². The standard InChI is InChI=1S/C14H25BrN2O3/c1-10-9-16(11(18)14(5,6)15)7-8-17(10)12(19)20-13(2,3)4/h10H,7-9H2,1-6H3. The van der Waals surface area contributed by atoms with Gasteiger partial charge in [0.25, 0.3) is 0 Å². The molecule has 116 valence electrons. The minimum absolute atomic E-state index is 0.0441. The molecule has 1 aliphatic rings. The van der Waals surface area contributed by atoms with E-state index in [0.29, 0.717) is 19.6 Å². The van der Waals surface area contributed by atoms with E-state index in [-0.39, 0.29) is 18.0 Å². The molecule has 1 rings (SSSR count). The molecule has 0 aromatic rings. The van der Waals surface area contributed by atoms with Gasteiger partial charge in [-0.3, -0.25) is 4.79 Å². The third-order valence-electron chi connectivity index (χ3n) is 3.05. The number of alkyl halides is 1. The van der Waals surface area contributed by atoms with Crippen LogP contribution in [0, 0.1) is 0 Å². The van der Waals surface area contributed by atoms with E-state index in [0.717, 1.165) is 0 Å². The van der Waals surface area contributed by atoms with E-state index in [2.05, 4.69) is 15.9 Å². The number of hydrogen-bond acceptors (Lipinski definition) is 3. The minimum atomic E-state index is -0.569. The first-order chi connectivity index (χ1) is 8.92. The van der Waals surface area contributed by atoms with Crippen molar-refractivity contribution in [1.82, 2.24) is 9.80 Å². The number of carbonyl (C=O) groups excluding carboxylic acids is 2. The van der Waals surface area contributed by atoms with Crippen molar-refractivity contribution in [3.8, 4) is 0 Å². The second kappa shape index (κ2) is 5.92. The van der Waals surface area contributed by atoms with Crippen molar-refractivity contribution < 1.29 is 14.3 Å². The first-order valence-electron chi connectivity index (χ1n) is 6.90. The van der Waals surface area contributed by atoms with Crippen LogP contribution in [0.4, 0.5) is 4.79 Å². The van der Waals surface area contributed by atoms with Crippen molar-refractivity contribution in [3.63, 3.8) is 0 Å². The maximum Gasteiger partial charge on any atom is 0.410 e. The van der Waals surface area contributed by atoms with Crippen LogP contribution in [0.2, 0.25) is 0 Å². The second-order valence-corrected chi connectivity index (χ2v) is 8.73. The van der Waals surface area contributed by atoms with Crippen molar-refractivity contribution in [3.05, 3.63) is 0 Å². The highest BCUT2D eigenvalue weighted by atomic mass is 79.9. The molecule has 0 aliphatic carbocycles. The molecule has 1 fully saturated rings. The van der Waals surface area contributed by atoms with Gasteiger partial charge in [0.1, 0.15) is 5.60 Å². The quantitative estimate of drug-likeness (QED) is 0.684. The Hall–Kier alpha value is -0.780. The van der Waals surface area contributed by atoms with Gasteiger partial charge in [-0.05, 0) is 41.5 Å². The minimum Gasteiger partial charge on any atom is -0.444 e. The molecule has 0 bridgehead atoms. The summed E-state index contributed by atoms with van der Waals surface area (Å²) in [6.07, 6.45) is -0.310. The Kier molecular flexibility index (Phi) is 5.11. The summed E-state index contributed by atoms with van der Waals surface area (Å²) in [5.41, 5.74) is -0.498. The zero-order valence-electron chi connectivity index (χ0n) is 13.2. The van der Waals surface area contributed by atoms with Crippen LogP contribution in [0.15, 0.2) is 0 Å². The lowest BCUT2D eigenvalue weighted by Crippen LogP contribution is -2.58. The van der Waals surface area contributed by atoms with Gasteiger partial charge in [-0.2, -0.15) is 0 Å². The predicted octanol–water partition coefficient (Wildman–Crippen LogP) is 2.63. The summed E-state index contributed by atoms with van der Waals surface area (Å²) in [7, 11) is 0. The molecule has 2 amide bonds. The van der Waals surface area contributed by atoms with Gasteiger partial charge < -0.3 is 14.5 Å². The van der Waals surface area contributed by atoms with E-state index in [1.54, 1.807) is 9.80 Å². The molecule has 6 heteroatoms. The number of ether oxygens (including phenoxy) is 1. The number of piperazine rings is 1. The van der Waals surface area contributed by atoms with E-state index >= 15 is 0 Å². The van der Waals surface area contributed by atoms with Crippen LogP contribution in [0.3, 0.4) is 0 Å². The monoisotopic (exact) mass is 348 g/mol. The first kappa shape index (κ1) is 17.3. The van der Waals surface area contributed by atoms with Gasteiger partial charge in [0, 0.05) is 25.7 Å². The summed E-state index contributed by atoms with van der Waals surface area (Å²) < 4.78 is 4.82. The zero-order valence-corrected chi connectivity index (χ0v) is 14.8. The Labute approximate surface area is 129 Å². The van der Waals surface area contributed by atoms with Crippen LogP contribution < -0.4 is 0 Å². The van der Waals surface area contributed by atoms with Crippen molar-refractivity contribution in [1.29, 1.82) is 0 Å². The van der Waals surface area contributed by atoms with E-state index in [1.165, 1.54) is 0 Å². The average molecular weight is 349 g/mol. The molecular formula is C14H25BrN2O3. The summed E-state index contributed by atoms with van der Waals surface area (Å²) in [5, 5.41) is 0. The first-order valence-corrected chi connectivity index (χ1v) is 7.69. The zero-order chi connectivity index (χ0) is 15.7. The highest BCUT2D eigenvalue weighted by Crippen LogP contribution is 2.22. The Balaban J connectivity index is 2.65. The number of hydrogen-bond donors (Lipinski definition) is 0. The molecule has 0 aromatic carbocycles. The highest BCUT2D eigenvalue weighted by Gasteiger charge is 2.36. The summed E-state index contributed by atoms with van der Waals surface area (Å²) in [4.78, 5) is 27.8. The number of carbonyl (C=O) groups is 2. The fraction of sp³-hybridized carbons (Fsp3) is 0.857. The van der Waals surface area contributed by atoms with Gasteiger partial charge in [-0.25, -0.2) is 4.79 Å². The topological polar surface area (TPSA) is 49.9 Å². The maximum atomic E-state index is 12.2. The Morgan fingerprint density at radius 3 is 2.10 bits per heavy atom. The van der Waals surface area contributed by atoms with Gasteiger partial charge in [-0.15, -0.1) is 0 Å². The summed E-state index contributed by atoms with van der Waals surface area (Å²) >= 11 is 3.39. The van der Waals surface area contributed by atoms with Crippen LogP contribution in [-0.4, -0.2) is 57.4 Å². The molecule has 1 saturated heterocycles. The lowest BCUT2D eigenvalue weighted by Gasteiger charge is -2.41. The van der Waals surface area contributed by atoms with E-state index in [1.807, 2.05) is 41.5 Å². The largest absolute Gasteiger partial charge is 0.444 e. The Morgan fingerprint density at radius 2 is 1.70 bits per heavy atom. The molecule has 20 heavy (non-hydrogen) atoms. The molecule has 5 nitrogen and oxygen atoms in total. The maximum absolute atomic E-state index is 12.2. The summed E-state index contributed by atoms with van der Waals surface area (Å²) in [6.45, 7) is 12.7. The third kappa shape index (κ3) is 4.65. The van der Waals surface area contributed by atoms with E-state index < -0.39 is 9.93 Å². The fourth-order valence-electron chi connectivity index (χ4n) is 2.11. The van der Waals surface area contributed by atoms with Gasteiger partial charge in [0.2, 0.25) is 5.91 Å². The SMILES string of the molecule is CC1CN(C(=O)C(C)(C)Br)CCN1C(=O)OC(C)(C)C. The number of rotatable bonds is 1. The molecule has 0 N–H and O–H groups in total. The smallest absolute Gasteiger partial charge is 0.410 e. The number of amides is 2. The normalized spacial score (nSPS) is 20.9. The van der Waals surface area contributed by atoms with Crippen LogP contribution >= 0.6 is 15.9 Å². The number of halogens is 1. The number of nitrogens with zero attached hydrogens (tertiary/aromatic N) is 2. The molecule has 1 atom stereocenters. The van der Waals surface area contributed by atoms with Crippen LogP contribution in [-0.2, 0) is 9.53 Å². The lowest BCUT2D eigenvalue weighted by molar-refractivity contribution is -0.135. The van der Waals surface area contributed by atoms with Crippen molar-refractivity contribution in [2.75, 3.05) is 19.6 Å². The fourth-order valence-corrected chi connectivity index (χ4v) is 2.36. The predicted molar refractivity (Wildman–Crippen MR) is 82.0 cm³/mol. The summed E-state index contributed by atoms with van der Waals surface area (Å²) in [5.74, 6) is 0.0492. The molecule has 0 radical (unpaired) electrons. The van der Waals surface area contributed by atoms with Gasteiger partial charge in [0.15, 0.2) is 0 Å². The third-order valence-corrected chi connectivity index (χ3v) is 3.39. The molecule has 1 aliphatic heterocycles. The van der Waals surface area contributed by atoms with Crippen LogP contribution in [0.25, 0.3) is 0 Å². The molecule has 1 unspecified atom stereocenters. The van der Waals surface area contributed by atoms with Crippen molar-refractivity contribution >= 4 is 27.9 Å². The van der Waals surface area contributed by atoms with E-state index in [4.69, 9.17) is 4.74 Å². The van der Waals surface area contributed by atoms with Crippen LogP contribution in [0.1, 0.15) is 41.5 Å². The Morgan fingerprint density at radius 1 is 1.15 bits per heavy atom. The second-order valence-electron chi connectivity index (χ2n) is 6.75. The highest BCUT2D eigenvalue weighted by molar-refractivity contribution is 9.10. The van der Waals surface area contributed by atoms with Crippen molar-refractivity contribution in [2.45, 2.75) is 57.5 Å². The van der Waals surface area contributed by atoms with Gasteiger partial charge in [-0.1, -0.05) is 15.9 Å². The van der Waals surface area contributed by atoms with Gasteiger partial charge >= 0.3 is 6.09 Å². The van der Waals surface area contributed by atoms with E-state index in [9.17, 15) is 9.59 Å². The van der Waals surface area contributed by atoms with Gasteiger partial charge in [0.05, 0.1) is 4.32 Å². The summed E-state index contributed by atoms with van der Waals surface area (Å²) in [6, 6.07) is -0.0441. The lowest BCUT2D eigenvalue weighted by atomic mass is 10.1. The average Bonchev–Trinajstić information content (AvgIpc) is 2.23. The molecule has 0 saturated carbocycles. The molecular weight excluding hydrogens is 324 g/mol. The molecule has 0 aromatic heterocycles. The Bertz CT molecular complexity index is 385.